The minimum Gasteiger partial charge on any atom is -0.0991 e. The lowest BCUT2D eigenvalue weighted by Gasteiger charge is -1.96. The molecule has 0 nitrogen and oxygen atoms in total. The summed E-state index contributed by atoms with van der Waals surface area (Å²) in [6, 6.07) is 8.02. The molecule has 0 spiro atoms. The molecular weight excluding hydrogens is 228 g/mol. The van der Waals surface area contributed by atoms with Crippen LogP contribution >= 0.6 is 0 Å². The third-order valence-electron chi connectivity index (χ3n) is 1.95. The van der Waals surface area contributed by atoms with Crippen LogP contribution < -0.4 is 0 Å². The maximum Gasteiger partial charge on any atom is -0.0190 e. The number of allylic oxidation sites excluding steroid dienone is 4. The molecule has 1 aromatic carbocycles. The molecule has 0 saturated carbocycles. The molecule has 19 heavy (non-hydrogen) atoms. The van der Waals surface area contributed by atoms with Gasteiger partial charge in [-0.25, -0.2) is 0 Å². The molecule has 100 valence electrons. The van der Waals surface area contributed by atoms with Crippen molar-refractivity contribution in [3.63, 3.8) is 0 Å². The Balaban J connectivity index is 0. The fraction of sp³-hybridized carbons (Fsp3) is 0.0526. The zero-order valence-corrected chi connectivity index (χ0v) is 11.9. The van der Waals surface area contributed by atoms with E-state index in [1.807, 2.05) is 43.3 Å². The maximum absolute atomic E-state index is 3.69. The first-order valence-electron chi connectivity index (χ1n) is 5.92. The predicted octanol–water partition coefficient (Wildman–Crippen LogP) is 6.08. The van der Waals surface area contributed by atoms with E-state index in [0.717, 1.165) is 16.7 Å². The van der Waals surface area contributed by atoms with Crippen LogP contribution in [0.5, 0.6) is 0 Å². The molecule has 0 radical (unpaired) electrons. The second-order valence-corrected chi connectivity index (χ2v) is 3.56. The Labute approximate surface area is 118 Å². The molecular formula is C19H24. The van der Waals surface area contributed by atoms with Crippen molar-refractivity contribution in [1.82, 2.24) is 0 Å². The van der Waals surface area contributed by atoms with Crippen molar-refractivity contribution in [2.75, 3.05) is 0 Å². The van der Waals surface area contributed by atoms with Crippen molar-refractivity contribution in [1.29, 1.82) is 0 Å². The second-order valence-electron chi connectivity index (χ2n) is 3.56. The van der Waals surface area contributed by atoms with Crippen molar-refractivity contribution in [3.8, 4) is 0 Å². The van der Waals surface area contributed by atoms with Crippen LogP contribution in [0.1, 0.15) is 18.1 Å². The van der Waals surface area contributed by atoms with E-state index in [9.17, 15) is 0 Å². The Hall–Kier alpha value is -2.34. The molecule has 0 aromatic heterocycles. The molecule has 1 rings (SSSR count). The highest BCUT2D eigenvalue weighted by Crippen LogP contribution is 2.10. The van der Waals surface area contributed by atoms with Crippen LogP contribution in [-0.2, 0) is 0 Å². The molecule has 0 fully saturated rings. The highest BCUT2D eigenvalue weighted by atomic mass is 13.9. The summed E-state index contributed by atoms with van der Waals surface area (Å²) in [5.41, 5.74) is 3.29. The van der Waals surface area contributed by atoms with Crippen LogP contribution in [0.15, 0.2) is 87.5 Å². The molecule has 1 aromatic rings. The van der Waals surface area contributed by atoms with Crippen LogP contribution in [0.4, 0.5) is 0 Å². The monoisotopic (exact) mass is 252 g/mol. The van der Waals surface area contributed by atoms with Gasteiger partial charge in [0.2, 0.25) is 0 Å². The molecule has 0 aliphatic heterocycles. The first-order chi connectivity index (χ1) is 9.06. The molecule has 0 bridgehead atoms. The van der Waals surface area contributed by atoms with E-state index in [2.05, 4.69) is 39.5 Å². The lowest BCUT2D eigenvalue weighted by Crippen LogP contribution is -1.76. The second kappa shape index (κ2) is 13.7. The molecule has 0 saturated heterocycles. The molecule has 0 heteroatoms. The van der Waals surface area contributed by atoms with Gasteiger partial charge < -0.3 is 0 Å². The summed E-state index contributed by atoms with van der Waals surface area (Å²) < 4.78 is 0. The SMILES string of the molecule is C=CC(=C)C.C=CC=C.C=Cc1ccccc1C=C. The van der Waals surface area contributed by atoms with Gasteiger partial charge in [-0.3, -0.25) is 0 Å². The number of rotatable bonds is 4. The molecule has 0 aliphatic rings. The normalized spacial score (nSPS) is 7.42. The van der Waals surface area contributed by atoms with Gasteiger partial charge in [-0.15, -0.1) is 0 Å². The first-order valence-corrected chi connectivity index (χ1v) is 5.92. The molecule has 0 aliphatic carbocycles. The molecule has 0 heterocycles. The van der Waals surface area contributed by atoms with Gasteiger partial charge in [0.15, 0.2) is 0 Å². The van der Waals surface area contributed by atoms with Gasteiger partial charge in [-0.2, -0.15) is 0 Å². The third-order valence-corrected chi connectivity index (χ3v) is 1.95. The predicted molar refractivity (Wildman–Crippen MR) is 92.0 cm³/mol. The molecule has 0 unspecified atom stereocenters. The summed E-state index contributed by atoms with van der Waals surface area (Å²) >= 11 is 0. The van der Waals surface area contributed by atoms with Crippen molar-refractivity contribution in [3.05, 3.63) is 98.7 Å². The lowest BCUT2D eigenvalue weighted by molar-refractivity contribution is 1.58. The fourth-order valence-electron chi connectivity index (χ4n) is 0.883. The van der Waals surface area contributed by atoms with Crippen LogP contribution in [-0.4, -0.2) is 0 Å². The number of hydrogen-bond acceptors (Lipinski definition) is 0. The zero-order valence-electron chi connectivity index (χ0n) is 11.9. The Morgan fingerprint density at radius 1 is 0.842 bits per heavy atom. The van der Waals surface area contributed by atoms with E-state index >= 15 is 0 Å². The van der Waals surface area contributed by atoms with Gasteiger partial charge in [0, 0.05) is 0 Å². The Morgan fingerprint density at radius 2 is 1.16 bits per heavy atom. The van der Waals surface area contributed by atoms with Gasteiger partial charge in [0.1, 0.15) is 0 Å². The topological polar surface area (TPSA) is 0 Å². The van der Waals surface area contributed by atoms with Crippen molar-refractivity contribution in [2.24, 2.45) is 0 Å². The Morgan fingerprint density at radius 3 is 1.32 bits per heavy atom. The van der Waals surface area contributed by atoms with E-state index in [-0.39, 0.29) is 0 Å². The lowest BCUT2D eigenvalue weighted by atomic mass is 10.1. The highest BCUT2D eigenvalue weighted by molar-refractivity contribution is 5.63. The van der Waals surface area contributed by atoms with Crippen LogP contribution in [0.25, 0.3) is 12.2 Å². The van der Waals surface area contributed by atoms with E-state index in [4.69, 9.17) is 0 Å². The number of hydrogen-bond donors (Lipinski definition) is 0. The molecule has 0 amide bonds. The van der Waals surface area contributed by atoms with Crippen molar-refractivity contribution in [2.45, 2.75) is 6.92 Å². The summed E-state index contributed by atoms with van der Waals surface area (Å²) in [6.45, 7) is 23.0. The quantitative estimate of drug-likeness (QED) is 0.570. The van der Waals surface area contributed by atoms with E-state index < -0.39 is 0 Å². The summed E-state index contributed by atoms with van der Waals surface area (Å²) in [5, 5.41) is 0. The average Bonchev–Trinajstić information content (AvgIpc) is 2.47. The highest BCUT2D eigenvalue weighted by Gasteiger charge is 1.89. The minimum atomic E-state index is 1.02. The standard InChI is InChI=1S/C10H10.C5H8.C4H6/c1-3-9-7-5-6-8-10(9)4-2;1-4-5(2)3;1-3-4-2/h3-8H,1-2H2;4H,1-2H2,3H3;3-4H,1-2H2. The Kier molecular flexibility index (Phi) is 13.7. The average molecular weight is 252 g/mol. The molecule has 0 atom stereocenters. The van der Waals surface area contributed by atoms with Gasteiger partial charge in [0.05, 0.1) is 0 Å². The largest absolute Gasteiger partial charge is 0.0991 e. The van der Waals surface area contributed by atoms with E-state index in [1.165, 1.54) is 0 Å². The first kappa shape index (κ1) is 19.0. The van der Waals surface area contributed by atoms with E-state index in [0.29, 0.717) is 0 Å². The molecule has 0 N–H and O–H groups in total. The van der Waals surface area contributed by atoms with Gasteiger partial charge >= 0.3 is 0 Å². The van der Waals surface area contributed by atoms with Gasteiger partial charge in [0.25, 0.3) is 0 Å². The fourth-order valence-corrected chi connectivity index (χ4v) is 0.883. The van der Waals surface area contributed by atoms with Gasteiger partial charge in [-0.1, -0.05) is 99.7 Å². The summed E-state index contributed by atoms with van der Waals surface area (Å²) in [7, 11) is 0. The van der Waals surface area contributed by atoms with Crippen molar-refractivity contribution < 1.29 is 0 Å². The summed E-state index contributed by atoms with van der Waals surface area (Å²) in [6.07, 6.45) is 8.66. The summed E-state index contributed by atoms with van der Waals surface area (Å²) in [5.74, 6) is 0. The summed E-state index contributed by atoms with van der Waals surface area (Å²) in [4.78, 5) is 0. The van der Waals surface area contributed by atoms with E-state index in [1.54, 1.807) is 18.2 Å². The van der Waals surface area contributed by atoms with Crippen LogP contribution in [0.3, 0.4) is 0 Å². The van der Waals surface area contributed by atoms with Crippen molar-refractivity contribution >= 4 is 12.2 Å². The third kappa shape index (κ3) is 11.9. The van der Waals surface area contributed by atoms with Gasteiger partial charge in [-0.05, 0) is 18.1 Å². The van der Waals surface area contributed by atoms with Crippen LogP contribution in [0.2, 0.25) is 0 Å². The van der Waals surface area contributed by atoms with Crippen LogP contribution in [0, 0.1) is 0 Å². The number of benzene rings is 1. The smallest absolute Gasteiger partial charge is 0.0190 e. The minimum absolute atomic E-state index is 1.02. The zero-order chi connectivity index (χ0) is 15.1. The Bertz CT molecular complexity index is 400. The maximum atomic E-state index is 3.69.